The van der Waals surface area contributed by atoms with Crippen molar-refractivity contribution in [3.05, 3.63) is 29.8 Å². The SMILES string of the molecule is Cc1nc(-c2cnccn2)nc(OCC#N)c1C. The Morgan fingerprint density at radius 3 is 2.78 bits per heavy atom. The zero-order chi connectivity index (χ0) is 13.0. The highest BCUT2D eigenvalue weighted by molar-refractivity contribution is 5.49. The van der Waals surface area contributed by atoms with E-state index in [-0.39, 0.29) is 6.61 Å². The van der Waals surface area contributed by atoms with Crippen LogP contribution in [0.25, 0.3) is 11.5 Å². The molecule has 0 radical (unpaired) electrons. The van der Waals surface area contributed by atoms with Crippen LogP contribution in [0.5, 0.6) is 5.88 Å². The van der Waals surface area contributed by atoms with E-state index >= 15 is 0 Å². The van der Waals surface area contributed by atoms with Crippen LogP contribution in [0.1, 0.15) is 11.3 Å². The molecule has 6 nitrogen and oxygen atoms in total. The van der Waals surface area contributed by atoms with Crippen LogP contribution in [-0.2, 0) is 0 Å². The second kappa shape index (κ2) is 5.19. The number of aryl methyl sites for hydroxylation is 1. The molecule has 0 aromatic carbocycles. The van der Waals surface area contributed by atoms with E-state index < -0.39 is 0 Å². The number of hydrogen-bond acceptors (Lipinski definition) is 6. The van der Waals surface area contributed by atoms with Gasteiger partial charge < -0.3 is 4.74 Å². The molecule has 0 atom stereocenters. The zero-order valence-corrected chi connectivity index (χ0v) is 10.1. The maximum Gasteiger partial charge on any atom is 0.221 e. The molecule has 0 aliphatic carbocycles. The molecule has 2 aromatic heterocycles. The molecule has 18 heavy (non-hydrogen) atoms. The summed E-state index contributed by atoms with van der Waals surface area (Å²) in [4.78, 5) is 16.7. The summed E-state index contributed by atoms with van der Waals surface area (Å²) in [7, 11) is 0. The highest BCUT2D eigenvalue weighted by Gasteiger charge is 2.11. The minimum Gasteiger partial charge on any atom is -0.462 e. The van der Waals surface area contributed by atoms with Gasteiger partial charge in [0.05, 0.1) is 6.20 Å². The van der Waals surface area contributed by atoms with Gasteiger partial charge in [-0.15, -0.1) is 0 Å². The predicted molar refractivity (Wildman–Crippen MR) is 63.6 cm³/mol. The lowest BCUT2D eigenvalue weighted by Gasteiger charge is -2.08. The molecule has 2 aromatic rings. The lowest BCUT2D eigenvalue weighted by Crippen LogP contribution is -2.04. The Balaban J connectivity index is 2.45. The molecule has 0 saturated carbocycles. The molecule has 2 heterocycles. The van der Waals surface area contributed by atoms with Crippen molar-refractivity contribution in [3.63, 3.8) is 0 Å². The quantitative estimate of drug-likeness (QED) is 0.808. The molecule has 0 bridgehead atoms. The fraction of sp³-hybridized carbons (Fsp3) is 0.250. The molecule has 0 unspecified atom stereocenters. The van der Waals surface area contributed by atoms with Gasteiger partial charge in [-0.05, 0) is 13.8 Å². The zero-order valence-electron chi connectivity index (χ0n) is 10.1. The van der Waals surface area contributed by atoms with Gasteiger partial charge in [0.1, 0.15) is 11.8 Å². The van der Waals surface area contributed by atoms with E-state index in [1.165, 1.54) is 0 Å². The van der Waals surface area contributed by atoms with E-state index in [1.54, 1.807) is 18.6 Å². The number of nitrogens with zero attached hydrogens (tertiary/aromatic N) is 5. The Kier molecular flexibility index (Phi) is 3.44. The Labute approximate surface area is 104 Å². The van der Waals surface area contributed by atoms with Gasteiger partial charge in [0.25, 0.3) is 0 Å². The van der Waals surface area contributed by atoms with Crippen molar-refractivity contribution in [3.8, 4) is 23.5 Å². The third-order valence-electron chi connectivity index (χ3n) is 2.41. The van der Waals surface area contributed by atoms with E-state index in [0.29, 0.717) is 17.4 Å². The molecule has 2 rings (SSSR count). The molecular formula is C12H11N5O. The van der Waals surface area contributed by atoms with Crippen LogP contribution in [0, 0.1) is 25.2 Å². The van der Waals surface area contributed by atoms with Gasteiger partial charge in [-0.1, -0.05) is 0 Å². The molecule has 0 N–H and O–H groups in total. The number of ether oxygens (including phenoxy) is 1. The van der Waals surface area contributed by atoms with Crippen LogP contribution in [-0.4, -0.2) is 26.5 Å². The van der Waals surface area contributed by atoms with Crippen molar-refractivity contribution in [2.24, 2.45) is 0 Å². The second-order valence-corrected chi connectivity index (χ2v) is 3.60. The second-order valence-electron chi connectivity index (χ2n) is 3.60. The van der Waals surface area contributed by atoms with Crippen LogP contribution in [0.3, 0.4) is 0 Å². The first kappa shape index (κ1) is 11.9. The maximum atomic E-state index is 8.53. The number of rotatable bonds is 3. The number of aromatic nitrogens is 4. The summed E-state index contributed by atoms with van der Waals surface area (Å²) >= 11 is 0. The van der Waals surface area contributed by atoms with E-state index in [2.05, 4.69) is 19.9 Å². The van der Waals surface area contributed by atoms with Crippen molar-refractivity contribution in [2.45, 2.75) is 13.8 Å². The molecule has 0 aliphatic heterocycles. The van der Waals surface area contributed by atoms with Crippen LogP contribution in [0.2, 0.25) is 0 Å². The Bertz CT molecular complexity index is 591. The van der Waals surface area contributed by atoms with E-state index in [0.717, 1.165) is 11.3 Å². The highest BCUT2D eigenvalue weighted by Crippen LogP contribution is 2.21. The summed E-state index contributed by atoms with van der Waals surface area (Å²) in [6.45, 7) is 3.66. The van der Waals surface area contributed by atoms with Gasteiger partial charge in [-0.25, -0.2) is 9.97 Å². The molecule has 0 saturated heterocycles. The van der Waals surface area contributed by atoms with Gasteiger partial charge in [0, 0.05) is 23.7 Å². The molecule has 0 aliphatic rings. The third kappa shape index (κ3) is 2.40. The molecule has 0 amide bonds. The van der Waals surface area contributed by atoms with E-state index in [1.807, 2.05) is 19.9 Å². The Hall–Kier alpha value is -2.55. The van der Waals surface area contributed by atoms with Crippen molar-refractivity contribution in [1.29, 1.82) is 5.26 Å². The van der Waals surface area contributed by atoms with Crippen molar-refractivity contribution in [1.82, 2.24) is 19.9 Å². The first-order valence-electron chi connectivity index (χ1n) is 5.33. The van der Waals surface area contributed by atoms with Gasteiger partial charge in [-0.3, -0.25) is 4.98 Å². The first-order chi connectivity index (χ1) is 8.72. The monoisotopic (exact) mass is 241 g/mol. The summed E-state index contributed by atoms with van der Waals surface area (Å²) in [5.41, 5.74) is 2.18. The summed E-state index contributed by atoms with van der Waals surface area (Å²) in [5.74, 6) is 0.851. The standard InChI is InChI=1S/C12H11N5O/c1-8-9(2)16-11(10-7-14-4-5-15-10)17-12(8)18-6-3-13/h4-5,7H,6H2,1-2H3. The number of hydrogen-bond donors (Lipinski definition) is 0. The van der Waals surface area contributed by atoms with Crippen molar-refractivity contribution in [2.75, 3.05) is 6.61 Å². The van der Waals surface area contributed by atoms with Gasteiger partial charge in [-0.2, -0.15) is 10.2 Å². The first-order valence-corrected chi connectivity index (χ1v) is 5.33. The minimum absolute atomic E-state index is 0.0444. The molecule has 6 heteroatoms. The topological polar surface area (TPSA) is 84.6 Å². The number of nitriles is 1. The van der Waals surface area contributed by atoms with Crippen LogP contribution in [0.4, 0.5) is 0 Å². The summed E-state index contributed by atoms with van der Waals surface area (Å²) in [6, 6.07) is 1.91. The van der Waals surface area contributed by atoms with Gasteiger partial charge in [0.15, 0.2) is 12.4 Å². The molecule has 90 valence electrons. The summed E-state index contributed by atoms with van der Waals surface area (Å²) in [6.07, 6.45) is 4.74. The molecule has 0 fully saturated rings. The predicted octanol–water partition coefficient (Wildman–Crippen LogP) is 1.45. The van der Waals surface area contributed by atoms with Gasteiger partial charge in [0.2, 0.25) is 5.88 Å². The Morgan fingerprint density at radius 1 is 1.28 bits per heavy atom. The van der Waals surface area contributed by atoms with E-state index in [4.69, 9.17) is 10.00 Å². The third-order valence-corrected chi connectivity index (χ3v) is 2.41. The van der Waals surface area contributed by atoms with E-state index in [9.17, 15) is 0 Å². The largest absolute Gasteiger partial charge is 0.462 e. The lowest BCUT2D eigenvalue weighted by molar-refractivity contribution is 0.349. The summed E-state index contributed by atoms with van der Waals surface area (Å²) in [5, 5.41) is 8.53. The van der Waals surface area contributed by atoms with Crippen LogP contribution >= 0.6 is 0 Å². The van der Waals surface area contributed by atoms with Crippen molar-refractivity contribution >= 4 is 0 Å². The Morgan fingerprint density at radius 2 is 2.11 bits per heavy atom. The van der Waals surface area contributed by atoms with Crippen LogP contribution < -0.4 is 4.74 Å². The minimum atomic E-state index is -0.0444. The fourth-order valence-electron chi connectivity index (χ4n) is 1.37. The van der Waals surface area contributed by atoms with Gasteiger partial charge >= 0.3 is 0 Å². The molecule has 0 spiro atoms. The molecular weight excluding hydrogens is 230 g/mol. The highest BCUT2D eigenvalue weighted by atomic mass is 16.5. The average molecular weight is 241 g/mol. The maximum absolute atomic E-state index is 8.53. The fourth-order valence-corrected chi connectivity index (χ4v) is 1.37. The average Bonchev–Trinajstić information content (AvgIpc) is 2.41. The van der Waals surface area contributed by atoms with Crippen molar-refractivity contribution < 1.29 is 4.74 Å². The normalized spacial score (nSPS) is 9.83. The van der Waals surface area contributed by atoms with Crippen LogP contribution in [0.15, 0.2) is 18.6 Å². The summed E-state index contributed by atoms with van der Waals surface area (Å²) < 4.78 is 5.27. The lowest BCUT2D eigenvalue weighted by atomic mass is 10.2. The smallest absolute Gasteiger partial charge is 0.221 e.